The van der Waals surface area contributed by atoms with Crippen LogP contribution in [-0.2, 0) is 6.54 Å². The van der Waals surface area contributed by atoms with Crippen LogP contribution in [0.2, 0.25) is 0 Å². The minimum Gasteiger partial charge on any atom is -0.495 e. The highest BCUT2D eigenvalue weighted by Gasteiger charge is 2.04. The van der Waals surface area contributed by atoms with E-state index in [1.54, 1.807) is 25.4 Å². The van der Waals surface area contributed by atoms with Crippen molar-refractivity contribution in [3.8, 4) is 11.8 Å². The third kappa shape index (κ3) is 3.19. The van der Waals surface area contributed by atoms with Gasteiger partial charge in [0.05, 0.1) is 36.7 Å². The molecule has 1 heterocycles. The minimum absolute atomic E-state index is 0.570. The van der Waals surface area contributed by atoms with E-state index in [0.29, 0.717) is 17.9 Å². The highest BCUT2D eigenvalue weighted by molar-refractivity contribution is 5.59. The zero-order valence-electron chi connectivity index (χ0n) is 10.8. The van der Waals surface area contributed by atoms with Crippen molar-refractivity contribution >= 4 is 5.69 Å². The second kappa shape index (κ2) is 5.83. The number of ether oxygens (including phenoxy) is 1. The van der Waals surface area contributed by atoms with E-state index in [0.717, 1.165) is 17.2 Å². The van der Waals surface area contributed by atoms with Crippen LogP contribution in [-0.4, -0.2) is 17.1 Å². The Morgan fingerprint density at radius 3 is 2.89 bits per heavy atom. The first kappa shape index (κ1) is 12.8. The molecule has 0 atom stereocenters. The van der Waals surface area contributed by atoms with E-state index in [4.69, 9.17) is 10.00 Å². The van der Waals surface area contributed by atoms with Crippen LogP contribution in [0.25, 0.3) is 0 Å². The molecule has 0 bridgehead atoms. The molecule has 96 valence electrons. The van der Waals surface area contributed by atoms with Gasteiger partial charge in [-0.25, -0.2) is 9.97 Å². The van der Waals surface area contributed by atoms with Crippen LogP contribution in [0.5, 0.6) is 5.75 Å². The van der Waals surface area contributed by atoms with Crippen molar-refractivity contribution in [2.24, 2.45) is 0 Å². The third-order valence-corrected chi connectivity index (χ3v) is 2.62. The quantitative estimate of drug-likeness (QED) is 0.906. The molecule has 0 aliphatic rings. The van der Waals surface area contributed by atoms with Crippen LogP contribution < -0.4 is 10.1 Å². The summed E-state index contributed by atoms with van der Waals surface area (Å²) >= 11 is 0. The first-order valence-corrected chi connectivity index (χ1v) is 5.83. The van der Waals surface area contributed by atoms with Crippen LogP contribution >= 0.6 is 0 Å². The van der Waals surface area contributed by atoms with E-state index in [1.165, 1.54) is 0 Å². The molecule has 0 unspecified atom stereocenters. The Morgan fingerprint density at radius 2 is 2.21 bits per heavy atom. The van der Waals surface area contributed by atoms with Gasteiger partial charge in [0.25, 0.3) is 0 Å². The smallest absolute Gasteiger partial charge is 0.143 e. The molecule has 0 aliphatic carbocycles. The van der Waals surface area contributed by atoms with Crippen molar-refractivity contribution in [3.05, 3.63) is 47.5 Å². The fraction of sp³-hybridized carbons (Fsp3) is 0.214. The van der Waals surface area contributed by atoms with Gasteiger partial charge in [-0.3, -0.25) is 0 Å². The lowest BCUT2D eigenvalue weighted by atomic mass is 10.2. The lowest BCUT2D eigenvalue weighted by Gasteiger charge is -2.11. The highest BCUT2D eigenvalue weighted by atomic mass is 16.5. The first-order valence-electron chi connectivity index (χ1n) is 5.83. The van der Waals surface area contributed by atoms with Crippen molar-refractivity contribution in [2.75, 3.05) is 12.4 Å². The van der Waals surface area contributed by atoms with Crippen LogP contribution in [0, 0.1) is 18.3 Å². The molecule has 0 spiro atoms. The van der Waals surface area contributed by atoms with Gasteiger partial charge in [0.15, 0.2) is 0 Å². The van der Waals surface area contributed by atoms with Crippen LogP contribution in [0.4, 0.5) is 5.69 Å². The number of aryl methyl sites for hydroxylation is 1. The van der Waals surface area contributed by atoms with Crippen molar-refractivity contribution < 1.29 is 4.74 Å². The van der Waals surface area contributed by atoms with Gasteiger partial charge in [0.1, 0.15) is 11.6 Å². The van der Waals surface area contributed by atoms with Gasteiger partial charge in [-0.2, -0.15) is 5.26 Å². The Bertz CT molecular complexity index is 619. The molecule has 1 N–H and O–H groups in total. The zero-order valence-corrected chi connectivity index (χ0v) is 10.8. The number of rotatable bonds is 4. The lowest BCUT2D eigenvalue weighted by Crippen LogP contribution is -2.04. The Labute approximate surface area is 111 Å². The summed E-state index contributed by atoms with van der Waals surface area (Å²) in [4.78, 5) is 8.36. The predicted molar refractivity (Wildman–Crippen MR) is 71.8 cm³/mol. The van der Waals surface area contributed by atoms with E-state index < -0.39 is 0 Å². The molecule has 0 aliphatic heterocycles. The number of hydrogen-bond donors (Lipinski definition) is 1. The number of benzene rings is 1. The van der Waals surface area contributed by atoms with Gasteiger partial charge in [0.2, 0.25) is 0 Å². The molecule has 0 fully saturated rings. The van der Waals surface area contributed by atoms with E-state index in [1.807, 2.05) is 19.1 Å². The molecule has 5 nitrogen and oxygen atoms in total. The third-order valence-electron chi connectivity index (χ3n) is 2.62. The van der Waals surface area contributed by atoms with Crippen LogP contribution in [0.3, 0.4) is 0 Å². The van der Waals surface area contributed by atoms with Gasteiger partial charge >= 0.3 is 0 Å². The van der Waals surface area contributed by atoms with Gasteiger partial charge in [-0.1, -0.05) is 0 Å². The Kier molecular flexibility index (Phi) is 3.94. The highest BCUT2D eigenvalue weighted by Crippen LogP contribution is 2.25. The Morgan fingerprint density at radius 1 is 1.37 bits per heavy atom. The second-order valence-electron chi connectivity index (χ2n) is 3.98. The van der Waals surface area contributed by atoms with E-state index in [9.17, 15) is 0 Å². The lowest BCUT2D eigenvalue weighted by molar-refractivity contribution is 0.416. The number of nitriles is 1. The van der Waals surface area contributed by atoms with Crippen molar-refractivity contribution in [1.29, 1.82) is 5.26 Å². The average Bonchev–Trinajstić information content (AvgIpc) is 2.45. The molecule has 1 aromatic heterocycles. The normalized spacial score (nSPS) is 9.74. The summed E-state index contributed by atoms with van der Waals surface area (Å²) in [6.07, 6.45) is 1.73. The van der Waals surface area contributed by atoms with E-state index in [-0.39, 0.29) is 0 Å². The molecule has 2 rings (SSSR count). The topological polar surface area (TPSA) is 70.8 Å². The molecule has 19 heavy (non-hydrogen) atoms. The van der Waals surface area contributed by atoms with Gasteiger partial charge in [-0.05, 0) is 25.1 Å². The number of anilines is 1. The van der Waals surface area contributed by atoms with Crippen molar-refractivity contribution in [3.63, 3.8) is 0 Å². The van der Waals surface area contributed by atoms with Crippen LogP contribution in [0.1, 0.15) is 17.1 Å². The fourth-order valence-corrected chi connectivity index (χ4v) is 1.70. The van der Waals surface area contributed by atoms with E-state index >= 15 is 0 Å². The number of nitrogens with one attached hydrogen (secondary N) is 1. The monoisotopic (exact) mass is 254 g/mol. The molecule has 0 saturated heterocycles. The van der Waals surface area contributed by atoms with Gasteiger partial charge in [0, 0.05) is 12.3 Å². The molecular formula is C14H14N4O. The summed E-state index contributed by atoms with van der Waals surface area (Å²) in [6.45, 7) is 2.43. The molecule has 5 heteroatoms. The fourth-order valence-electron chi connectivity index (χ4n) is 1.70. The van der Waals surface area contributed by atoms with Gasteiger partial charge < -0.3 is 10.1 Å². The average molecular weight is 254 g/mol. The predicted octanol–water partition coefficient (Wildman–Crippen LogP) is 2.28. The number of methoxy groups -OCH3 is 1. The largest absolute Gasteiger partial charge is 0.495 e. The first-order chi connectivity index (χ1) is 9.22. The summed E-state index contributed by atoms with van der Waals surface area (Å²) in [7, 11) is 1.58. The number of nitrogens with zero attached hydrogens (tertiary/aromatic N) is 3. The van der Waals surface area contributed by atoms with E-state index in [2.05, 4.69) is 21.4 Å². The number of aromatic nitrogens is 2. The molecule has 0 saturated carbocycles. The standard InChI is InChI=1S/C14H14N4O/c1-10-16-6-5-12(18-10)9-17-13-4-3-11(8-15)7-14(13)19-2/h3-7,17H,9H2,1-2H3. The molecular weight excluding hydrogens is 240 g/mol. The number of hydrogen-bond acceptors (Lipinski definition) is 5. The molecule has 1 aromatic carbocycles. The Hall–Kier alpha value is -2.61. The SMILES string of the molecule is COc1cc(C#N)ccc1NCc1ccnc(C)n1. The summed E-state index contributed by atoms with van der Waals surface area (Å²) in [5.74, 6) is 1.39. The molecule has 2 aromatic rings. The summed E-state index contributed by atoms with van der Waals surface area (Å²) in [5, 5.41) is 12.1. The zero-order chi connectivity index (χ0) is 13.7. The van der Waals surface area contributed by atoms with Crippen LogP contribution in [0.15, 0.2) is 30.5 Å². The summed E-state index contributed by atoms with van der Waals surface area (Å²) in [5.41, 5.74) is 2.30. The van der Waals surface area contributed by atoms with Crippen molar-refractivity contribution in [1.82, 2.24) is 9.97 Å². The molecule has 0 radical (unpaired) electrons. The van der Waals surface area contributed by atoms with Gasteiger partial charge in [-0.15, -0.1) is 0 Å². The summed E-state index contributed by atoms with van der Waals surface area (Å²) < 4.78 is 5.25. The maximum absolute atomic E-state index is 8.84. The summed E-state index contributed by atoms with van der Waals surface area (Å²) in [6, 6.07) is 9.21. The second-order valence-corrected chi connectivity index (χ2v) is 3.98. The minimum atomic E-state index is 0.570. The maximum atomic E-state index is 8.84. The molecule has 0 amide bonds. The maximum Gasteiger partial charge on any atom is 0.143 e. The van der Waals surface area contributed by atoms with Crippen molar-refractivity contribution in [2.45, 2.75) is 13.5 Å². The Balaban J connectivity index is 2.13.